The fraction of sp³-hybridized carbons (Fsp3) is 1.00. The first kappa shape index (κ1) is 7.43. The van der Waals surface area contributed by atoms with Gasteiger partial charge in [0.25, 0.3) is 0 Å². The van der Waals surface area contributed by atoms with E-state index < -0.39 is 17.3 Å². The van der Waals surface area contributed by atoms with E-state index in [4.69, 9.17) is 0 Å². The molecule has 0 aliphatic rings. The van der Waals surface area contributed by atoms with Crippen molar-refractivity contribution in [2.45, 2.75) is 5.23 Å². The Labute approximate surface area is 47.2 Å². The molecule has 0 saturated heterocycles. The van der Waals surface area contributed by atoms with Crippen molar-refractivity contribution < 1.29 is 27.3 Å². The van der Waals surface area contributed by atoms with Crippen molar-refractivity contribution in [3.63, 3.8) is 0 Å². The molecule has 3 nitrogen and oxygen atoms in total. The molecular formula is C3H9O3Ti. The van der Waals surface area contributed by atoms with Crippen LogP contribution in [-0.4, -0.2) is 14.2 Å². The van der Waals surface area contributed by atoms with Crippen LogP contribution in [0.1, 0.15) is 0 Å². The second-order valence-corrected chi connectivity index (χ2v) is 5.24. The summed E-state index contributed by atoms with van der Waals surface area (Å²) >= 11 is -3.33. The van der Waals surface area contributed by atoms with Gasteiger partial charge in [-0.15, -0.1) is 0 Å². The van der Waals surface area contributed by atoms with E-state index in [2.05, 4.69) is 6.64 Å². The summed E-state index contributed by atoms with van der Waals surface area (Å²) in [6, 6.07) is 0. The molecule has 0 aliphatic heterocycles. The van der Waals surface area contributed by atoms with Crippen molar-refractivity contribution in [2.75, 3.05) is 14.2 Å². The molecule has 0 heterocycles. The molecule has 0 atom stereocenters. The molecule has 0 radical (unpaired) electrons. The molecule has 0 aromatic rings. The van der Waals surface area contributed by atoms with E-state index in [-0.39, 0.29) is 0 Å². The molecule has 0 fully saturated rings. The van der Waals surface area contributed by atoms with Crippen LogP contribution in [-0.2, 0) is 27.3 Å². The van der Waals surface area contributed by atoms with Crippen LogP contribution in [0.2, 0.25) is 5.23 Å². The van der Waals surface area contributed by atoms with Crippen LogP contribution in [0.3, 0.4) is 0 Å². The van der Waals surface area contributed by atoms with Crippen LogP contribution < -0.4 is 0 Å². The second-order valence-electron chi connectivity index (χ2n) is 1.27. The Kier molecular flexibility index (Phi) is 2.84. The van der Waals surface area contributed by atoms with Crippen molar-refractivity contribution in [1.29, 1.82) is 0 Å². The van der Waals surface area contributed by atoms with Crippen molar-refractivity contribution in [2.24, 2.45) is 0 Å². The van der Waals surface area contributed by atoms with Crippen LogP contribution in [0.25, 0.3) is 0 Å². The van der Waals surface area contributed by atoms with Gasteiger partial charge >= 0.3 is 46.7 Å². The first-order valence-corrected chi connectivity index (χ1v) is 5.40. The molecule has 7 heavy (non-hydrogen) atoms. The Bertz CT molecular complexity index is 82.2. The zero-order valence-corrected chi connectivity index (χ0v) is 6.29. The van der Waals surface area contributed by atoms with Crippen LogP contribution in [0, 0.1) is 0 Å². The van der Waals surface area contributed by atoms with E-state index >= 15 is 0 Å². The van der Waals surface area contributed by atoms with Gasteiger partial charge in [0.05, 0.1) is 0 Å². The maximum absolute atomic E-state index is 10.6. The Morgan fingerprint density at radius 1 is 1.29 bits per heavy atom. The summed E-state index contributed by atoms with van der Waals surface area (Å²) in [5.41, 5.74) is 0. The van der Waals surface area contributed by atoms with Crippen molar-refractivity contribution in [1.82, 2.24) is 0 Å². The second kappa shape index (κ2) is 2.67. The van der Waals surface area contributed by atoms with E-state index in [9.17, 15) is 3.32 Å². The maximum atomic E-state index is 10.6. The molecule has 0 spiro atoms. The standard InChI is InChI=1S/2CH3O.CH3.O.Ti/c2*1-2;;;/h2*1H3;1H3;;/q2*-1;;;+2. The summed E-state index contributed by atoms with van der Waals surface area (Å²) in [7, 11) is 2.77. The average molecular weight is 141 g/mol. The molecule has 4 heteroatoms. The first-order chi connectivity index (χ1) is 3.12. The van der Waals surface area contributed by atoms with E-state index in [0.29, 0.717) is 0 Å². The fourth-order valence-electron chi connectivity index (χ4n) is 0.0833. The van der Waals surface area contributed by atoms with E-state index in [1.54, 1.807) is 0 Å². The normalized spacial score (nSPS) is 11.9. The summed E-state index contributed by atoms with van der Waals surface area (Å²) in [5.74, 6) is 0. The zero-order valence-electron chi connectivity index (χ0n) is 4.72. The van der Waals surface area contributed by atoms with Crippen LogP contribution >= 0.6 is 0 Å². The third-order valence-electron chi connectivity index (χ3n) is 0.742. The van der Waals surface area contributed by atoms with Gasteiger partial charge in [0, 0.05) is 0 Å². The quantitative estimate of drug-likeness (QED) is 0.529. The van der Waals surface area contributed by atoms with Crippen molar-refractivity contribution >= 4 is 0 Å². The number of hydrogen-bond acceptors (Lipinski definition) is 3. The summed E-state index contributed by atoms with van der Waals surface area (Å²) in [6.07, 6.45) is 0. The topological polar surface area (TPSA) is 35.5 Å². The van der Waals surface area contributed by atoms with Crippen molar-refractivity contribution in [3.05, 3.63) is 0 Å². The predicted molar refractivity (Wildman–Crippen MR) is 20.6 cm³/mol. The SMILES string of the molecule is C[O][Ti]([CH3])(=[O])[O]C. The average Bonchev–Trinajstić information content (AvgIpc) is 1.68. The fourth-order valence-corrected chi connectivity index (χ4v) is 0.344. The molecule has 0 aromatic carbocycles. The molecule has 0 aliphatic carbocycles. The third-order valence-corrected chi connectivity index (χ3v) is 3.06. The van der Waals surface area contributed by atoms with Gasteiger partial charge in [-0.1, -0.05) is 0 Å². The van der Waals surface area contributed by atoms with Gasteiger partial charge in [-0.25, -0.2) is 0 Å². The van der Waals surface area contributed by atoms with Gasteiger partial charge < -0.3 is 0 Å². The summed E-state index contributed by atoms with van der Waals surface area (Å²) in [6.45, 7) is 0. The van der Waals surface area contributed by atoms with Gasteiger partial charge in [-0.3, -0.25) is 0 Å². The van der Waals surface area contributed by atoms with Crippen LogP contribution in [0.15, 0.2) is 0 Å². The summed E-state index contributed by atoms with van der Waals surface area (Å²) in [5, 5.41) is 1.49. The number of rotatable bonds is 2. The monoisotopic (exact) mass is 141 g/mol. The number of hydrogen-bond donors (Lipinski definition) is 0. The molecule has 0 unspecified atom stereocenters. The first-order valence-electron chi connectivity index (χ1n) is 1.93. The Hall–Kier alpha value is 0.434. The van der Waals surface area contributed by atoms with Gasteiger partial charge in [0.1, 0.15) is 0 Å². The Morgan fingerprint density at radius 2 is 1.57 bits per heavy atom. The van der Waals surface area contributed by atoms with Gasteiger partial charge in [0.2, 0.25) is 0 Å². The Balaban J connectivity index is 3.61. The van der Waals surface area contributed by atoms with Gasteiger partial charge in [0.15, 0.2) is 0 Å². The minimum atomic E-state index is -3.33. The van der Waals surface area contributed by atoms with E-state index in [0.717, 1.165) is 0 Å². The van der Waals surface area contributed by atoms with E-state index in [1.165, 1.54) is 19.4 Å². The Morgan fingerprint density at radius 3 is 1.57 bits per heavy atom. The third kappa shape index (κ3) is 3.06. The molecule has 0 amide bonds. The molecule has 0 aromatic heterocycles. The van der Waals surface area contributed by atoms with Crippen LogP contribution in [0.5, 0.6) is 0 Å². The molecule has 0 saturated carbocycles. The zero-order chi connectivity index (χ0) is 5.91. The molecule has 0 rings (SSSR count). The van der Waals surface area contributed by atoms with Gasteiger partial charge in [-0.2, -0.15) is 0 Å². The summed E-state index contributed by atoms with van der Waals surface area (Å²) < 4.78 is 19.6. The predicted octanol–water partition coefficient (Wildman–Crippen LogP) is 0.657. The van der Waals surface area contributed by atoms with E-state index in [1.807, 2.05) is 0 Å². The van der Waals surface area contributed by atoms with Crippen LogP contribution in [0.4, 0.5) is 0 Å². The van der Waals surface area contributed by atoms with Gasteiger partial charge in [-0.05, 0) is 0 Å². The molecule has 0 N–H and O–H groups in total. The molecule has 43 valence electrons. The minimum absolute atomic E-state index is 1.39. The van der Waals surface area contributed by atoms with Crippen molar-refractivity contribution in [3.8, 4) is 0 Å². The molecular weight excluding hydrogens is 132 g/mol. The molecule has 0 bridgehead atoms. The summed E-state index contributed by atoms with van der Waals surface area (Å²) in [4.78, 5) is 0.